The van der Waals surface area contributed by atoms with E-state index >= 15 is 0 Å². The predicted octanol–water partition coefficient (Wildman–Crippen LogP) is 4.28. The number of nitrogens with zero attached hydrogens (tertiary/aromatic N) is 5. The molecule has 218 valence electrons. The maximum atomic E-state index is 14.1. The Kier molecular flexibility index (Phi) is 8.19. The average molecular weight is 575 g/mol. The van der Waals surface area contributed by atoms with E-state index in [9.17, 15) is 9.59 Å². The van der Waals surface area contributed by atoms with Crippen molar-refractivity contribution in [3.63, 3.8) is 0 Å². The predicted molar refractivity (Wildman–Crippen MR) is 165 cm³/mol. The van der Waals surface area contributed by atoms with Crippen LogP contribution in [0.1, 0.15) is 31.2 Å². The van der Waals surface area contributed by atoms with Crippen LogP contribution in [0.2, 0.25) is 0 Å². The van der Waals surface area contributed by atoms with Crippen LogP contribution in [0.5, 0.6) is 0 Å². The minimum absolute atomic E-state index is 0.0926. The number of hydrogen-bond donors (Lipinski definition) is 3. The van der Waals surface area contributed by atoms with E-state index in [-0.39, 0.29) is 18.2 Å². The Morgan fingerprint density at radius 2 is 1.63 bits per heavy atom. The number of fused-ring (bicyclic) bond motifs is 1. The Morgan fingerprint density at radius 1 is 0.907 bits per heavy atom. The van der Waals surface area contributed by atoms with Crippen molar-refractivity contribution < 1.29 is 9.59 Å². The first-order chi connectivity index (χ1) is 21.0. The number of hydrogen-bond acceptors (Lipinski definition) is 7. The summed E-state index contributed by atoms with van der Waals surface area (Å²) in [6, 6.07) is 22.5. The molecule has 1 fully saturated rings. The molecule has 1 atom stereocenters. The van der Waals surface area contributed by atoms with Crippen molar-refractivity contribution in [3.8, 4) is 22.5 Å². The van der Waals surface area contributed by atoms with Crippen molar-refractivity contribution >= 4 is 28.3 Å². The Balaban J connectivity index is 1.30. The fraction of sp³-hybridized carbons (Fsp3) is 0.273. The van der Waals surface area contributed by atoms with Crippen molar-refractivity contribution in [1.29, 1.82) is 0 Å². The summed E-state index contributed by atoms with van der Waals surface area (Å²) >= 11 is 0. The number of benzene rings is 3. The number of primary amides is 1. The lowest BCUT2D eigenvalue weighted by Gasteiger charge is -2.35. The molecule has 0 unspecified atom stereocenters. The summed E-state index contributed by atoms with van der Waals surface area (Å²) in [5.41, 5.74) is 16.2. The fourth-order valence-corrected chi connectivity index (χ4v) is 6.07. The van der Waals surface area contributed by atoms with Gasteiger partial charge >= 0.3 is 0 Å². The summed E-state index contributed by atoms with van der Waals surface area (Å²) in [7, 11) is 0. The van der Waals surface area contributed by atoms with Crippen LogP contribution in [0.25, 0.3) is 33.3 Å². The summed E-state index contributed by atoms with van der Waals surface area (Å²) in [6.45, 7) is 0.622. The molecular formula is C33H34N8O2. The van der Waals surface area contributed by atoms with Gasteiger partial charge in [0.2, 0.25) is 17.6 Å². The van der Waals surface area contributed by atoms with Gasteiger partial charge in [0, 0.05) is 46.9 Å². The van der Waals surface area contributed by atoms with E-state index in [4.69, 9.17) is 11.5 Å². The molecule has 1 saturated carbocycles. The molecule has 1 aliphatic carbocycles. The molecule has 2 aromatic heterocycles. The highest BCUT2D eigenvalue weighted by atomic mass is 16.2. The molecule has 0 aliphatic heterocycles. The number of nitrogens with one attached hydrogen (secondary N) is 1. The van der Waals surface area contributed by atoms with Crippen LogP contribution in [0.15, 0.2) is 85.2 Å². The minimum atomic E-state index is -0.874. The molecule has 10 nitrogen and oxygen atoms in total. The maximum Gasteiger partial charge on any atom is 0.240 e. The normalized spacial score (nSPS) is 17.4. The standard InChI is InChI=1S/C33H34N8O2/c34-18-22-7-11-25(12-8-22)33(43)41(27-15-13-24(14-16-27)32-37-39-40-38-32)30(31(35)42)17-21-5-9-23(10-6-21)29-20-36-19-26-3-1-2-4-28(26)29/h1-6,9-10,13-16,19-20,22,25,30H,7-8,11-12,17-18,34H2,(H2,35,42)(H,37,38,39,40)/t22?,25?,30-/m0/s1. The number of amides is 2. The second-order valence-electron chi connectivity index (χ2n) is 11.2. The maximum absolute atomic E-state index is 14.1. The molecular weight excluding hydrogens is 540 g/mol. The zero-order valence-corrected chi connectivity index (χ0v) is 23.8. The van der Waals surface area contributed by atoms with Gasteiger partial charge in [-0.1, -0.05) is 48.5 Å². The summed E-state index contributed by atoms with van der Waals surface area (Å²) in [5, 5.41) is 16.3. The van der Waals surface area contributed by atoms with Crippen molar-refractivity contribution in [2.45, 2.75) is 38.1 Å². The van der Waals surface area contributed by atoms with E-state index < -0.39 is 11.9 Å². The molecule has 1 aliphatic rings. The number of carbonyl (C=O) groups is 2. The lowest BCUT2D eigenvalue weighted by atomic mass is 9.81. The molecule has 0 spiro atoms. The molecule has 2 amide bonds. The van der Waals surface area contributed by atoms with Gasteiger partial charge in [-0.2, -0.15) is 5.21 Å². The molecule has 10 heteroatoms. The second-order valence-corrected chi connectivity index (χ2v) is 11.2. The number of aromatic nitrogens is 5. The summed E-state index contributed by atoms with van der Waals surface area (Å²) in [6.07, 6.45) is 7.25. The van der Waals surface area contributed by atoms with Gasteiger partial charge < -0.3 is 11.5 Å². The van der Waals surface area contributed by atoms with Gasteiger partial charge in [0.15, 0.2) is 0 Å². The van der Waals surface area contributed by atoms with Crippen LogP contribution in [0, 0.1) is 11.8 Å². The molecule has 0 bridgehead atoms. The third-order valence-electron chi connectivity index (χ3n) is 8.52. The minimum Gasteiger partial charge on any atom is -0.368 e. The first kappa shape index (κ1) is 28.2. The van der Waals surface area contributed by atoms with Crippen LogP contribution in [0.4, 0.5) is 5.69 Å². The summed E-state index contributed by atoms with van der Waals surface area (Å²) in [4.78, 5) is 33.2. The van der Waals surface area contributed by atoms with E-state index in [2.05, 4.69) is 31.7 Å². The Morgan fingerprint density at radius 3 is 2.30 bits per heavy atom. The van der Waals surface area contributed by atoms with Gasteiger partial charge in [0.1, 0.15) is 6.04 Å². The molecule has 5 aromatic rings. The van der Waals surface area contributed by atoms with E-state index in [1.807, 2.05) is 79.1 Å². The van der Waals surface area contributed by atoms with Gasteiger partial charge in [0.25, 0.3) is 0 Å². The number of aromatic amines is 1. The van der Waals surface area contributed by atoms with Crippen molar-refractivity contribution in [2.75, 3.05) is 11.4 Å². The third-order valence-corrected chi connectivity index (χ3v) is 8.52. The smallest absolute Gasteiger partial charge is 0.240 e. The number of tetrazole rings is 1. The topological polar surface area (TPSA) is 157 Å². The van der Waals surface area contributed by atoms with E-state index in [0.29, 0.717) is 24.0 Å². The molecule has 3 aromatic carbocycles. The first-order valence-electron chi connectivity index (χ1n) is 14.6. The van der Waals surface area contributed by atoms with Gasteiger partial charge in [-0.15, -0.1) is 10.2 Å². The largest absolute Gasteiger partial charge is 0.368 e. The Bertz CT molecular complexity index is 1690. The number of pyridine rings is 1. The molecule has 6 rings (SSSR count). The van der Waals surface area contributed by atoms with Crippen molar-refractivity contribution in [2.24, 2.45) is 23.3 Å². The van der Waals surface area contributed by atoms with E-state index in [1.54, 1.807) is 4.90 Å². The highest BCUT2D eigenvalue weighted by Gasteiger charge is 2.36. The number of rotatable bonds is 9. The van der Waals surface area contributed by atoms with Crippen LogP contribution >= 0.6 is 0 Å². The molecule has 2 heterocycles. The molecule has 0 saturated heterocycles. The number of H-pyrrole nitrogens is 1. The molecule has 5 N–H and O–H groups in total. The van der Waals surface area contributed by atoms with Gasteiger partial charge in [-0.05, 0) is 84.1 Å². The Labute approximate surface area is 249 Å². The monoisotopic (exact) mass is 574 g/mol. The Hall–Kier alpha value is -4.96. The molecule has 0 radical (unpaired) electrons. The van der Waals surface area contributed by atoms with Crippen molar-refractivity contribution in [1.82, 2.24) is 25.6 Å². The van der Waals surface area contributed by atoms with Gasteiger partial charge in [-0.3, -0.25) is 19.5 Å². The van der Waals surface area contributed by atoms with E-state index in [1.165, 1.54) is 0 Å². The van der Waals surface area contributed by atoms with Crippen LogP contribution < -0.4 is 16.4 Å². The van der Waals surface area contributed by atoms with E-state index in [0.717, 1.165) is 58.7 Å². The zero-order valence-electron chi connectivity index (χ0n) is 23.8. The van der Waals surface area contributed by atoms with Crippen LogP contribution in [-0.4, -0.2) is 50.0 Å². The lowest BCUT2D eigenvalue weighted by molar-refractivity contribution is -0.127. The van der Waals surface area contributed by atoms with Gasteiger partial charge in [-0.25, -0.2) is 0 Å². The SMILES string of the molecule is NCC1CCC(C(=O)N(c2ccc(-c3nn[nH]n3)cc2)[C@@H](Cc2ccc(-c3cncc4ccccc34)cc2)C(N)=O)CC1. The summed E-state index contributed by atoms with van der Waals surface area (Å²) < 4.78 is 0. The average Bonchev–Trinajstić information content (AvgIpc) is 3.60. The van der Waals surface area contributed by atoms with Crippen molar-refractivity contribution in [3.05, 3.63) is 90.8 Å². The second kappa shape index (κ2) is 12.5. The summed E-state index contributed by atoms with van der Waals surface area (Å²) in [5.74, 6) is 0.00738. The zero-order chi connectivity index (χ0) is 29.8. The molecule has 43 heavy (non-hydrogen) atoms. The highest BCUT2D eigenvalue weighted by molar-refractivity contribution is 6.02. The highest BCUT2D eigenvalue weighted by Crippen LogP contribution is 2.33. The number of nitrogens with two attached hydrogens (primary N) is 2. The van der Waals surface area contributed by atoms with Gasteiger partial charge in [0.05, 0.1) is 0 Å². The van der Waals surface area contributed by atoms with Crippen LogP contribution in [0.3, 0.4) is 0 Å². The lowest BCUT2D eigenvalue weighted by Crippen LogP contribution is -2.52. The third kappa shape index (κ3) is 6.00. The fourth-order valence-electron chi connectivity index (χ4n) is 6.07. The quantitative estimate of drug-likeness (QED) is 0.237. The number of anilines is 1. The number of carbonyl (C=O) groups excluding carboxylic acids is 2. The van der Waals surface area contributed by atoms with Crippen LogP contribution in [-0.2, 0) is 16.0 Å². The first-order valence-corrected chi connectivity index (χ1v) is 14.6.